The van der Waals surface area contributed by atoms with Crippen molar-refractivity contribution in [3.05, 3.63) is 59.4 Å². The van der Waals surface area contributed by atoms with E-state index in [1.165, 1.54) is 12.1 Å². The first-order valence-corrected chi connectivity index (χ1v) is 6.59. The van der Waals surface area contributed by atoms with E-state index in [4.69, 9.17) is 5.11 Å². The molecule has 0 saturated heterocycles. The van der Waals surface area contributed by atoms with Crippen molar-refractivity contribution in [1.29, 1.82) is 0 Å². The van der Waals surface area contributed by atoms with Crippen LogP contribution >= 0.6 is 0 Å². The highest BCUT2D eigenvalue weighted by Gasteiger charge is 2.10. The average Bonchev–Trinajstić information content (AvgIpc) is 2.55. The number of aromatic nitrogens is 1. The van der Waals surface area contributed by atoms with E-state index in [0.29, 0.717) is 5.69 Å². The van der Waals surface area contributed by atoms with Gasteiger partial charge in [-0.2, -0.15) is 0 Å². The van der Waals surface area contributed by atoms with Crippen molar-refractivity contribution < 1.29 is 19.5 Å². The highest BCUT2D eigenvalue weighted by atomic mass is 16.4. The Morgan fingerprint density at radius 3 is 2.39 bits per heavy atom. The van der Waals surface area contributed by atoms with Crippen LogP contribution in [0.25, 0.3) is 0 Å². The topological polar surface area (TPSA) is 120 Å². The van der Waals surface area contributed by atoms with Crippen LogP contribution in [-0.2, 0) is 0 Å². The first-order chi connectivity index (χ1) is 11.0. The van der Waals surface area contributed by atoms with Crippen LogP contribution in [0.4, 0.5) is 10.5 Å². The lowest BCUT2D eigenvalue weighted by Gasteiger charge is -2.10. The standard InChI is InChI=1S/C15H14N4O4/c1-9-4-2-3-5-11(9)17-15(23)19-18-13(20)12-7-6-10(8-16-12)14(21)22/h2-8H,1H3,(H,18,20)(H,21,22)(H2,17,19,23). The molecule has 0 aliphatic heterocycles. The second kappa shape index (κ2) is 7.03. The maximum absolute atomic E-state index is 11.8. The highest BCUT2D eigenvalue weighted by Crippen LogP contribution is 2.12. The van der Waals surface area contributed by atoms with Gasteiger partial charge in [0, 0.05) is 11.9 Å². The van der Waals surface area contributed by atoms with Gasteiger partial charge in [0.15, 0.2) is 0 Å². The third kappa shape index (κ3) is 4.27. The predicted molar refractivity (Wildman–Crippen MR) is 82.0 cm³/mol. The van der Waals surface area contributed by atoms with Crippen LogP contribution in [0.15, 0.2) is 42.6 Å². The van der Waals surface area contributed by atoms with Crippen molar-refractivity contribution in [1.82, 2.24) is 15.8 Å². The van der Waals surface area contributed by atoms with Crippen LogP contribution in [0, 0.1) is 6.92 Å². The zero-order chi connectivity index (χ0) is 16.8. The maximum atomic E-state index is 11.8. The van der Waals surface area contributed by atoms with Gasteiger partial charge in [0.1, 0.15) is 5.69 Å². The summed E-state index contributed by atoms with van der Waals surface area (Å²) >= 11 is 0. The number of carboxylic acid groups (broad SMARTS) is 1. The molecule has 0 unspecified atom stereocenters. The minimum atomic E-state index is -1.14. The molecule has 0 bridgehead atoms. The number of aryl methyl sites for hydroxylation is 1. The molecule has 1 aromatic carbocycles. The third-order valence-corrected chi connectivity index (χ3v) is 2.93. The van der Waals surface area contributed by atoms with Gasteiger partial charge in [0.25, 0.3) is 5.91 Å². The van der Waals surface area contributed by atoms with Crippen LogP contribution in [-0.4, -0.2) is 28.0 Å². The van der Waals surface area contributed by atoms with Crippen LogP contribution in [0.1, 0.15) is 26.4 Å². The number of hydrogen-bond donors (Lipinski definition) is 4. The average molecular weight is 314 g/mol. The number of aromatic carboxylic acids is 1. The molecule has 23 heavy (non-hydrogen) atoms. The molecule has 0 aliphatic carbocycles. The number of benzene rings is 1. The summed E-state index contributed by atoms with van der Waals surface area (Å²) in [5, 5.41) is 11.3. The van der Waals surface area contributed by atoms with E-state index in [0.717, 1.165) is 11.8 Å². The molecule has 0 spiro atoms. The van der Waals surface area contributed by atoms with Crippen LogP contribution in [0.2, 0.25) is 0 Å². The molecule has 0 fully saturated rings. The van der Waals surface area contributed by atoms with Crippen LogP contribution < -0.4 is 16.2 Å². The normalized spacial score (nSPS) is 9.78. The van der Waals surface area contributed by atoms with Crippen molar-refractivity contribution in [2.45, 2.75) is 6.92 Å². The number of rotatable bonds is 3. The first-order valence-electron chi connectivity index (χ1n) is 6.59. The predicted octanol–water partition coefficient (Wildman–Crippen LogP) is 1.55. The van der Waals surface area contributed by atoms with Gasteiger partial charge in [0.05, 0.1) is 5.56 Å². The Labute approximate surface area is 131 Å². The number of hydrazine groups is 1. The van der Waals surface area contributed by atoms with Gasteiger partial charge in [-0.15, -0.1) is 0 Å². The van der Waals surface area contributed by atoms with Gasteiger partial charge < -0.3 is 10.4 Å². The van der Waals surface area contributed by atoms with Gasteiger partial charge in [-0.1, -0.05) is 18.2 Å². The Kier molecular flexibility index (Phi) is 4.88. The number of nitrogens with one attached hydrogen (secondary N) is 3. The summed E-state index contributed by atoms with van der Waals surface area (Å²) in [4.78, 5) is 37.9. The largest absolute Gasteiger partial charge is 0.478 e. The molecule has 118 valence electrons. The van der Waals surface area contributed by atoms with Gasteiger partial charge in [-0.05, 0) is 30.7 Å². The Morgan fingerprint density at radius 1 is 1.04 bits per heavy atom. The highest BCUT2D eigenvalue weighted by molar-refractivity contribution is 5.96. The molecular formula is C15H14N4O4. The summed E-state index contributed by atoms with van der Waals surface area (Å²) in [5.41, 5.74) is 5.80. The number of para-hydroxylation sites is 1. The van der Waals surface area contributed by atoms with E-state index in [9.17, 15) is 14.4 Å². The van der Waals surface area contributed by atoms with Gasteiger partial charge in [0.2, 0.25) is 0 Å². The third-order valence-electron chi connectivity index (χ3n) is 2.93. The summed E-state index contributed by atoms with van der Waals surface area (Å²) < 4.78 is 0. The van der Waals surface area contributed by atoms with E-state index in [1.807, 2.05) is 19.1 Å². The van der Waals surface area contributed by atoms with Crippen molar-refractivity contribution in [3.8, 4) is 0 Å². The summed E-state index contributed by atoms with van der Waals surface area (Å²) in [7, 11) is 0. The monoisotopic (exact) mass is 314 g/mol. The molecule has 2 aromatic rings. The van der Waals surface area contributed by atoms with Crippen molar-refractivity contribution >= 4 is 23.6 Å². The fraction of sp³-hybridized carbons (Fsp3) is 0.0667. The summed E-state index contributed by atoms with van der Waals surface area (Å²) in [6.07, 6.45) is 1.06. The zero-order valence-corrected chi connectivity index (χ0v) is 12.2. The number of nitrogens with zero attached hydrogens (tertiary/aromatic N) is 1. The lowest BCUT2D eigenvalue weighted by molar-refractivity contribution is 0.0695. The molecule has 0 saturated carbocycles. The van der Waals surface area contributed by atoms with Gasteiger partial charge >= 0.3 is 12.0 Å². The van der Waals surface area contributed by atoms with Crippen molar-refractivity contribution in [2.24, 2.45) is 0 Å². The first kappa shape index (κ1) is 16.0. The number of carbonyl (C=O) groups is 3. The van der Waals surface area contributed by atoms with Crippen LogP contribution in [0.3, 0.4) is 0 Å². The van der Waals surface area contributed by atoms with Gasteiger partial charge in [-0.3, -0.25) is 15.2 Å². The number of amides is 3. The minimum Gasteiger partial charge on any atom is -0.478 e. The molecule has 2 rings (SSSR count). The zero-order valence-electron chi connectivity index (χ0n) is 12.2. The SMILES string of the molecule is Cc1ccccc1NC(=O)NNC(=O)c1ccc(C(=O)O)cn1. The molecule has 3 amide bonds. The lowest BCUT2D eigenvalue weighted by Crippen LogP contribution is -2.44. The fourth-order valence-corrected chi connectivity index (χ4v) is 1.70. The van der Waals surface area contributed by atoms with E-state index in [2.05, 4.69) is 21.2 Å². The molecule has 8 nitrogen and oxygen atoms in total. The second-order valence-electron chi connectivity index (χ2n) is 4.59. The number of carbonyl (C=O) groups excluding carboxylic acids is 2. The molecule has 4 N–H and O–H groups in total. The Bertz CT molecular complexity index is 743. The van der Waals surface area contributed by atoms with Crippen molar-refractivity contribution in [3.63, 3.8) is 0 Å². The number of anilines is 1. The lowest BCUT2D eigenvalue weighted by atomic mass is 10.2. The second-order valence-corrected chi connectivity index (χ2v) is 4.59. The summed E-state index contributed by atoms with van der Waals surface area (Å²) in [5.74, 6) is -1.80. The molecule has 0 aliphatic rings. The minimum absolute atomic E-state index is 0.0220. The molecule has 8 heteroatoms. The Hall–Kier alpha value is -3.42. The van der Waals surface area contributed by atoms with Gasteiger partial charge in [-0.25, -0.2) is 15.0 Å². The van der Waals surface area contributed by atoms with E-state index in [1.54, 1.807) is 12.1 Å². The molecule has 1 heterocycles. The van der Waals surface area contributed by atoms with E-state index >= 15 is 0 Å². The van der Waals surface area contributed by atoms with E-state index in [-0.39, 0.29) is 11.3 Å². The Balaban J connectivity index is 1.90. The Morgan fingerprint density at radius 2 is 1.78 bits per heavy atom. The number of urea groups is 1. The number of hydrogen-bond acceptors (Lipinski definition) is 4. The molecule has 1 aromatic heterocycles. The maximum Gasteiger partial charge on any atom is 0.337 e. The molecular weight excluding hydrogens is 300 g/mol. The fourth-order valence-electron chi connectivity index (χ4n) is 1.70. The molecule has 0 radical (unpaired) electrons. The van der Waals surface area contributed by atoms with Crippen LogP contribution in [0.5, 0.6) is 0 Å². The number of pyridine rings is 1. The van der Waals surface area contributed by atoms with E-state index < -0.39 is 17.9 Å². The summed E-state index contributed by atoms with van der Waals surface area (Å²) in [6, 6.07) is 9.05. The number of carboxylic acids is 1. The summed E-state index contributed by atoms with van der Waals surface area (Å²) in [6.45, 7) is 1.84. The quantitative estimate of drug-likeness (QED) is 0.641. The smallest absolute Gasteiger partial charge is 0.337 e. The van der Waals surface area contributed by atoms with Crippen molar-refractivity contribution in [2.75, 3.05) is 5.32 Å². The molecule has 0 atom stereocenters.